The maximum Gasteiger partial charge on any atom is 0.244 e. The van der Waals surface area contributed by atoms with Crippen LogP contribution in [-0.4, -0.2) is 32.2 Å². The molecule has 1 N–H and O–H groups in total. The topological polar surface area (TPSA) is 90.3 Å². The maximum absolute atomic E-state index is 12.8. The molecule has 6 nitrogen and oxygen atoms in total. The largest absolute Gasteiger partial charge is 0.343 e. The molecule has 0 aliphatic heterocycles. The Morgan fingerprint density at radius 3 is 2.45 bits per heavy atom. The number of nitrogens with zero attached hydrogens (tertiary/aromatic N) is 2. The van der Waals surface area contributed by atoms with E-state index in [0.717, 1.165) is 14.7 Å². The number of likely N-dealkylation sites (N-methyl/N-ethyl adjacent to an activating group) is 1. The van der Waals surface area contributed by atoms with Gasteiger partial charge >= 0.3 is 0 Å². The fraction of sp³-hybridized carbons (Fsp3) is 0.143. The first-order valence-electron chi connectivity index (χ1n) is 8.76. The molecule has 0 saturated carbocycles. The number of carbonyl (C=O) groups excluding carboxylic acids is 1. The molecule has 0 fully saturated rings. The van der Waals surface area contributed by atoms with Crippen molar-refractivity contribution in [3.05, 3.63) is 88.1 Å². The first-order valence-corrected chi connectivity index (χ1v) is 11.1. The zero-order valence-electron chi connectivity index (χ0n) is 15.6. The lowest BCUT2D eigenvalue weighted by molar-refractivity contribution is -0.121. The molecule has 148 valence electrons. The number of carbonyl (C=O) groups is 1. The molecule has 0 radical (unpaired) electrons. The maximum atomic E-state index is 12.8. The summed E-state index contributed by atoms with van der Waals surface area (Å²) in [6, 6.07) is 20.8. The molecule has 29 heavy (non-hydrogen) atoms. The number of nitrogens with one attached hydrogen (secondary N) is 1. The van der Waals surface area contributed by atoms with Gasteiger partial charge in [-0.15, -0.1) is 11.3 Å². The van der Waals surface area contributed by atoms with Crippen molar-refractivity contribution < 1.29 is 13.2 Å². The number of hydrogen-bond acceptors (Lipinski definition) is 5. The average molecular weight is 426 g/mol. The highest BCUT2D eigenvalue weighted by atomic mass is 32.2. The van der Waals surface area contributed by atoms with Crippen LogP contribution in [0, 0.1) is 11.3 Å². The third-order valence-electron chi connectivity index (χ3n) is 4.33. The fourth-order valence-corrected chi connectivity index (χ4v) is 4.93. The number of sulfonamides is 1. The molecule has 0 saturated heterocycles. The molecular formula is C21H19N3O3S2. The van der Waals surface area contributed by atoms with Gasteiger partial charge in [0.25, 0.3) is 0 Å². The highest BCUT2D eigenvalue weighted by Crippen LogP contribution is 2.26. The SMILES string of the molecule is CN(CC(=O)N[C@@H](c1ccccc1)c1cccs1)S(=O)(=O)c1ccccc1C#N. The Labute approximate surface area is 174 Å². The highest BCUT2D eigenvalue weighted by Gasteiger charge is 2.27. The van der Waals surface area contributed by atoms with E-state index in [0.29, 0.717) is 0 Å². The van der Waals surface area contributed by atoms with E-state index in [1.165, 1.54) is 30.5 Å². The molecule has 0 aliphatic carbocycles. The number of amides is 1. The third kappa shape index (κ3) is 4.71. The van der Waals surface area contributed by atoms with E-state index in [9.17, 15) is 18.5 Å². The van der Waals surface area contributed by atoms with E-state index in [-0.39, 0.29) is 23.0 Å². The van der Waals surface area contributed by atoms with Crippen LogP contribution in [0.4, 0.5) is 0 Å². The second kappa shape index (κ2) is 9.01. The van der Waals surface area contributed by atoms with E-state index in [1.807, 2.05) is 53.9 Å². The minimum Gasteiger partial charge on any atom is -0.343 e. The molecule has 0 spiro atoms. The van der Waals surface area contributed by atoms with Gasteiger partial charge < -0.3 is 5.32 Å². The van der Waals surface area contributed by atoms with Crippen LogP contribution in [0.1, 0.15) is 22.0 Å². The normalized spacial score (nSPS) is 12.3. The van der Waals surface area contributed by atoms with Crippen molar-refractivity contribution in [2.24, 2.45) is 0 Å². The molecule has 1 amide bonds. The quantitative estimate of drug-likeness (QED) is 0.630. The van der Waals surface area contributed by atoms with E-state index in [4.69, 9.17) is 0 Å². The first kappa shape index (κ1) is 20.7. The molecule has 3 aromatic rings. The van der Waals surface area contributed by atoms with Gasteiger partial charge in [-0.2, -0.15) is 9.57 Å². The predicted molar refractivity (Wildman–Crippen MR) is 112 cm³/mol. The molecule has 0 bridgehead atoms. The van der Waals surface area contributed by atoms with Gasteiger partial charge in [0, 0.05) is 11.9 Å². The van der Waals surface area contributed by atoms with Crippen LogP contribution in [0.25, 0.3) is 0 Å². The van der Waals surface area contributed by atoms with Gasteiger partial charge in [0.15, 0.2) is 0 Å². The van der Waals surface area contributed by atoms with Crippen LogP contribution < -0.4 is 5.32 Å². The lowest BCUT2D eigenvalue weighted by atomic mass is 10.1. The number of benzene rings is 2. The van der Waals surface area contributed by atoms with Crippen molar-refractivity contribution in [3.8, 4) is 6.07 Å². The summed E-state index contributed by atoms with van der Waals surface area (Å²) in [4.78, 5) is 13.5. The van der Waals surface area contributed by atoms with Crippen molar-refractivity contribution in [2.75, 3.05) is 13.6 Å². The van der Waals surface area contributed by atoms with Gasteiger partial charge in [0.1, 0.15) is 6.07 Å². The second-order valence-corrected chi connectivity index (χ2v) is 9.29. The van der Waals surface area contributed by atoms with Gasteiger partial charge in [-0.1, -0.05) is 48.5 Å². The summed E-state index contributed by atoms with van der Waals surface area (Å²) in [5.41, 5.74) is 0.948. The van der Waals surface area contributed by atoms with Gasteiger partial charge in [0.05, 0.1) is 23.0 Å². The summed E-state index contributed by atoms with van der Waals surface area (Å²) in [6.07, 6.45) is 0. The molecule has 8 heteroatoms. The third-order valence-corrected chi connectivity index (χ3v) is 7.13. The highest BCUT2D eigenvalue weighted by molar-refractivity contribution is 7.89. The molecular weight excluding hydrogens is 406 g/mol. The molecule has 0 aliphatic rings. The van der Waals surface area contributed by atoms with Crippen LogP contribution in [0.3, 0.4) is 0 Å². The average Bonchev–Trinajstić information content (AvgIpc) is 3.27. The Kier molecular flexibility index (Phi) is 6.44. The number of thiophene rings is 1. The van der Waals surface area contributed by atoms with Crippen molar-refractivity contribution in [1.29, 1.82) is 5.26 Å². The lowest BCUT2D eigenvalue weighted by Crippen LogP contribution is -2.40. The van der Waals surface area contributed by atoms with Crippen molar-refractivity contribution in [2.45, 2.75) is 10.9 Å². The van der Waals surface area contributed by atoms with Crippen LogP contribution in [0.5, 0.6) is 0 Å². The monoisotopic (exact) mass is 425 g/mol. The first-order chi connectivity index (χ1) is 13.9. The summed E-state index contributed by atoms with van der Waals surface area (Å²) >= 11 is 1.51. The van der Waals surface area contributed by atoms with Crippen molar-refractivity contribution >= 4 is 27.3 Å². The van der Waals surface area contributed by atoms with E-state index in [1.54, 1.807) is 12.1 Å². The summed E-state index contributed by atoms with van der Waals surface area (Å²) in [5.74, 6) is -0.437. The summed E-state index contributed by atoms with van der Waals surface area (Å²) in [6.45, 7) is -0.364. The van der Waals surface area contributed by atoms with Crippen LogP contribution in [0.15, 0.2) is 77.0 Å². The smallest absolute Gasteiger partial charge is 0.244 e. The summed E-state index contributed by atoms with van der Waals surface area (Å²) in [5, 5.41) is 14.0. The second-order valence-electron chi connectivity index (χ2n) is 6.30. The number of hydrogen-bond donors (Lipinski definition) is 1. The van der Waals surface area contributed by atoms with Crippen molar-refractivity contribution in [1.82, 2.24) is 9.62 Å². The fourth-order valence-electron chi connectivity index (χ4n) is 2.87. The Bertz CT molecular complexity index is 1120. The predicted octanol–water partition coefficient (Wildman–Crippen LogP) is 3.15. The van der Waals surface area contributed by atoms with E-state index < -0.39 is 15.9 Å². The zero-order valence-corrected chi connectivity index (χ0v) is 17.3. The molecule has 1 aromatic heterocycles. The molecule has 1 heterocycles. The number of nitriles is 1. The minimum absolute atomic E-state index is 0.0421. The molecule has 1 atom stereocenters. The standard InChI is InChI=1S/C21H19N3O3S2/c1-24(29(26,27)19-12-6-5-10-17(19)14-22)15-20(25)23-21(18-11-7-13-28-18)16-8-3-2-4-9-16/h2-13,21H,15H2,1H3,(H,23,25)/t21-/m0/s1. The van der Waals surface area contributed by atoms with E-state index >= 15 is 0 Å². The van der Waals surface area contributed by atoms with Gasteiger partial charge in [-0.3, -0.25) is 4.79 Å². The number of rotatable bonds is 7. The van der Waals surface area contributed by atoms with Crippen LogP contribution in [-0.2, 0) is 14.8 Å². The van der Waals surface area contributed by atoms with Crippen LogP contribution in [0.2, 0.25) is 0 Å². The summed E-state index contributed by atoms with van der Waals surface area (Å²) < 4.78 is 26.6. The van der Waals surface area contributed by atoms with Crippen molar-refractivity contribution in [3.63, 3.8) is 0 Å². The molecule has 3 rings (SSSR count). The molecule has 0 unspecified atom stereocenters. The Morgan fingerprint density at radius 2 is 1.79 bits per heavy atom. The van der Waals surface area contributed by atoms with Gasteiger partial charge in [-0.25, -0.2) is 8.42 Å². The Hall–Kier alpha value is -2.99. The van der Waals surface area contributed by atoms with Gasteiger partial charge in [-0.05, 0) is 29.1 Å². The Balaban J connectivity index is 1.79. The zero-order chi connectivity index (χ0) is 20.9. The summed E-state index contributed by atoms with van der Waals surface area (Å²) in [7, 11) is -2.65. The molecule has 2 aromatic carbocycles. The Morgan fingerprint density at radius 1 is 1.10 bits per heavy atom. The van der Waals surface area contributed by atoms with Gasteiger partial charge in [0.2, 0.25) is 15.9 Å². The van der Waals surface area contributed by atoms with Crippen LogP contribution >= 0.6 is 11.3 Å². The lowest BCUT2D eigenvalue weighted by Gasteiger charge is -2.21. The van der Waals surface area contributed by atoms with E-state index in [2.05, 4.69) is 5.32 Å². The minimum atomic E-state index is -3.98.